The molecule has 114 valence electrons. The van der Waals surface area contributed by atoms with Gasteiger partial charge in [0.05, 0.1) is 6.20 Å². The molecule has 3 heterocycles. The molecule has 1 fully saturated rings. The van der Waals surface area contributed by atoms with Gasteiger partial charge in [0.1, 0.15) is 5.82 Å². The number of aryl methyl sites for hydroxylation is 1. The molecule has 2 N–H and O–H groups in total. The van der Waals surface area contributed by atoms with Crippen LogP contribution in [0.5, 0.6) is 0 Å². The first-order valence-electron chi connectivity index (χ1n) is 6.85. The van der Waals surface area contributed by atoms with Gasteiger partial charge in [0.15, 0.2) is 5.03 Å². The maximum Gasteiger partial charge on any atom is 0.258 e. The van der Waals surface area contributed by atoms with E-state index in [1.54, 1.807) is 0 Å². The van der Waals surface area contributed by atoms with Crippen LogP contribution in [0.25, 0.3) is 0 Å². The van der Waals surface area contributed by atoms with Gasteiger partial charge in [-0.2, -0.15) is 0 Å². The molecule has 2 atom stereocenters. The molecule has 0 bridgehead atoms. The van der Waals surface area contributed by atoms with Crippen LogP contribution in [0, 0.1) is 5.92 Å². The van der Waals surface area contributed by atoms with E-state index in [9.17, 15) is 8.42 Å². The smallest absolute Gasteiger partial charge is 0.258 e. The van der Waals surface area contributed by atoms with E-state index in [2.05, 4.69) is 21.9 Å². The zero-order valence-electron chi connectivity index (χ0n) is 11.5. The van der Waals surface area contributed by atoms with Crippen LogP contribution in [0.15, 0.2) is 11.2 Å². The van der Waals surface area contributed by atoms with Crippen LogP contribution in [-0.2, 0) is 23.0 Å². The van der Waals surface area contributed by atoms with Crippen molar-refractivity contribution in [2.45, 2.75) is 43.8 Å². The lowest BCUT2D eigenvalue weighted by Gasteiger charge is -2.29. The number of fused-ring (bicyclic) bond motifs is 1. The molecule has 2 unspecified atom stereocenters. The number of nitrogens with zero attached hydrogens (tertiary/aromatic N) is 2. The van der Waals surface area contributed by atoms with Crippen LogP contribution in [0.2, 0.25) is 0 Å². The fourth-order valence-corrected chi connectivity index (χ4v) is 4.44. The van der Waals surface area contributed by atoms with Crippen molar-refractivity contribution in [2.24, 2.45) is 5.92 Å². The standard InChI is InChI=1S/C12H20N4O2S.ClH/c1-9-7-13-5-4-10(9)15-19(17,18)12-8-14-11-3-2-6-16(11)12;/h8-10,13,15H,2-7H2,1H3;1H. The molecule has 3 rings (SSSR count). The molecule has 0 spiro atoms. The van der Waals surface area contributed by atoms with E-state index in [1.807, 2.05) is 4.57 Å². The van der Waals surface area contributed by atoms with Gasteiger partial charge in [-0.25, -0.2) is 18.1 Å². The molecular formula is C12H21ClN4O2S. The summed E-state index contributed by atoms with van der Waals surface area (Å²) in [7, 11) is -3.45. The Morgan fingerprint density at radius 3 is 3.05 bits per heavy atom. The van der Waals surface area contributed by atoms with Crippen LogP contribution in [0.3, 0.4) is 0 Å². The highest BCUT2D eigenvalue weighted by atomic mass is 35.5. The minimum absolute atomic E-state index is 0. The van der Waals surface area contributed by atoms with E-state index >= 15 is 0 Å². The number of imidazole rings is 1. The minimum atomic E-state index is -3.45. The van der Waals surface area contributed by atoms with Crippen molar-refractivity contribution in [3.05, 3.63) is 12.0 Å². The Labute approximate surface area is 125 Å². The number of aromatic nitrogens is 2. The summed E-state index contributed by atoms with van der Waals surface area (Å²) in [5.74, 6) is 1.20. The van der Waals surface area contributed by atoms with Crippen LogP contribution in [-0.4, -0.2) is 37.1 Å². The van der Waals surface area contributed by atoms with Gasteiger partial charge >= 0.3 is 0 Å². The lowest BCUT2D eigenvalue weighted by molar-refractivity contribution is 0.327. The molecule has 1 saturated heterocycles. The summed E-state index contributed by atoms with van der Waals surface area (Å²) in [5, 5.41) is 3.60. The second-order valence-electron chi connectivity index (χ2n) is 5.47. The average Bonchev–Trinajstić information content (AvgIpc) is 2.93. The highest BCUT2D eigenvalue weighted by Gasteiger charge is 2.30. The van der Waals surface area contributed by atoms with Crippen molar-refractivity contribution < 1.29 is 8.42 Å². The topological polar surface area (TPSA) is 76.0 Å². The highest BCUT2D eigenvalue weighted by molar-refractivity contribution is 7.89. The molecule has 0 saturated carbocycles. The first-order chi connectivity index (χ1) is 9.08. The van der Waals surface area contributed by atoms with Gasteiger partial charge in [-0.15, -0.1) is 12.4 Å². The summed E-state index contributed by atoms with van der Waals surface area (Å²) in [5.41, 5.74) is 0. The molecule has 0 aromatic carbocycles. The molecule has 1 aromatic heterocycles. The predicted octanol–water partition coefficient (Wildman–Crippen LogP) is 0.527. The van der Waals surface area contributed by atoms with Gasteiger partial charge in [0, 0.05) is 19.0 Å². The third-order valence-corrected chi connectivity index (χ3v) is 5.54. The van der Waals surface area contributed by atoms with E-state index in [0.717, 1.165) is 44.7 Å². The van der Waals surface area contributed by atoms with Crippen molar-refractivity contribution >= 4 is 22.4 Å². The van der Waals surface area contributed by atoms with Crippen LogP contribution in [0.1, 0.15) is 25.6 Å². The second kappa shape index (κ2) is 6.01. The normalized spacial score (nSPS) is 26.1. The Balaban J connectivity index is 0.00000147. The average molecular weight is 321 g/mol. The number of piperidine rings is 1. The molecule has 2 aliphatic rings. The van der Waals surface area contributed by atoms with Gasteiger partial charge in [-0.3, -0.25) is 0 Å². The molecular weight excluding hydrogens is 300 g/mol. The number of halogens is 1. The van der Waals surface area contributed by atoms with Crippen molar-refractivity contribution in [3.63, 3.8) is 0 Å². The Morgan fingerprint density at radius 2 is 2.30 bits per heavy atom. The maximum atomic E-state index is 12.5. The SMILES string of the molecule is CC1CNCCC1NS(=O)(=O)c1cnc2n1CCC2.Cl. The van der Waals surface area contributed by atoms with Gasteiger partial charge in [0.25, 0.3) is 10.0 Å². The fourth-order valence-electron chi connectivity index (χ4n) is 2.89. The quantitative estimate of drug-likeness (QED) is 0.851. The summed E-state index contributed by atoms with van der Waals surface area (Å²) >= 11 is 0. The van der Waals surface area contributed by atoms with Gasteiger partial charge in [-0.1, -0.05) is 6.92 Å². The summed E-state index contributed by atoms with van der Waals surface area (Å²) in [6.45, 7) is 4.55. The second-order valence-corrected chi connectivity index (χ2v) is 7.13. The predicted molar refractivity (Wildman–Crippen MR) is 78.6 cm³/mol. The minimum Gasteiger partial charge on any atom is -0.318 e. The number of nitrogens with one attached hydrogen (secondary N) is 2. The molecule has 0 radical (unpaired) electrons. The fraction of sp³-hybridized carbons (Fsp3) is 0.750. The lowest BCUT2D eigenvalue weighted by Crippen LogP contribution is -2.48. The van der Waals surface area contributed by atoms with Crippen LogP contribution in [0.4, 0.5) is 0 Å². The summed E-state index contributed by atoms with van der Waals surface area (Å²) in [4.78, 5) is 4.21. The first kappa shape index (κ1) is 15.8. The molecule has 6 nitrogen and oxygen atoms in total. The number of hydrogen-bond donors (Lipinski definition) is 2. The monoisotopic (exact) mass is 320 g/mol. The van der Waals surface area contributed by atoms with Gasteiger partial charge in [-0.05, 0) is 31.8 Å². The highest BCUT2D eigenvalue weighted by Crippen LogP contribution is 2.21. The van der Waals surface area contributed by atoms with Gasteiger partial charge < -0.3 is 9.88 Å². The zero-order valence-corrected chi connectivity index (χ0v) is 13.1. The summed E-state index contributed by atoms with van der Waals surface area (Å²) in [6, 6.07) is 0.0128. The van der Waals surface area contributed by atoms with E-state index in [-0.39, 0.29) is 18.4 Å². The van der Waals surface area contributed by atoms with Gasteiger partial charge in [0.2, 0.25) is 0 Å². The van der Waals surface area contributed by atoms with E-state index < -0.39 is 10.0 Å². The maximum absolute atomic E-state index is 12.5. The summed E-state index contributed by atoms with van der Waals surface area (Å²) in [6.07, 6.45) is 4.18. The van der Waals surface area contributed by atoms with Crippen molar-refractivity contribution in [2.75, 3.05) is 13.1 Å². The van der Waals surface area contributed by atoms with Crippen molar-refractivity contribution in [3.8, 4) is 0 Å². The van der Waals surface area contributed by atoms with E-state index in [0.29, 0.717) is 10.9 Å². The Kier molecular flexibility index (Phi) is 4.73. The first-order valence-corrected chi connectivity index (χ1v) is 8.34. The molecule has 0 amide bonds. The molecule has 8 heteroatoms. The Bertz CT molecular complexity index is 572. The Hall–Kier alpha value is -0.630. The van der Waals surface area contributed by atoms with Crippen LogP contribution < -0.4 is 10.0 Å². The summed E-state index contributed by atoms with van der Waals surface area (Å²) < 4.78 is 29.6. The van der Waals surface area contributed by atoms with Crippen molar-refractivity contribution in [1.82, 2.24) is 19.6 Å². The largest absolute Gasteiger partial charge is 0.318 e. The number of hydrogen-bond acceptors (Lipinski definition) is 4. The Morgan fingerprint density at radius 1 is 1.50 bits per heavy atom. The number of sulfonamides is 1. The molecule has 20 heavy (non-hydrogen) atoms. The van der Waals surface area contributed by atoms with Crippen LogP contribution >= 0.6 is 12.4 Å². The molecule has 0 aliphatic carbocycles. The zero-order chi connectivity index (χ0) is 13.5. The third-order valence-electron chi connectivity index (χ3n) is 4.05. The third kappa shape index (κ3) is 2.86. The van der Waals surface area contributed by atoms with E-state index in [1.165, 1.54) is 6.20 Å². The lowest BCUT2D eigenvalue weighted by atomic mass is 9.97. The molecule has 2 aliphatic heterocycles. The van der Waals surface area contributed by atoms with E-state index in [4.69, 9.17) is 0 Å². The van der Waals surface area contributed by atoms with Crippen molar-refractivity contribution in [1.29, 1.82) is 0 Å². The molecule has 1 aromatic rings. The number of rotatable bonds is 3.